The van der Waals surface area contributed by atoms with Crippen molar-refractivity contribution in [1.29, 1.82) is 0 Å². The number of nitrogens with zero attached hydrogens (tertiary/aromatic N) is 1. The van der Waals surface area contributed by atoms with Crippen molar-refractivity contribution in [1.82, 2.24) is 5.01 Å². The summed E-state index contributed by atoms with van der Waals surface area (Å²) >= 11 is 0. The van der Waals surface area contributed by atoms with Gasteiger partial charge in [-0.1, -0.05) is 18.2 Å². The summed E-state index contributed by atoms with van der Waals surface area (Å²) in [5, 5.41) is 1.79. The Morgan fingerprint density at radius 2 is 2.23 bits per heavy atom. The number of benzene rings is 1. The van der Waals surface area contributed by atoms with Crippen molar-refractivity contribution in [2.75, 3.05) is 6.54 Å². The number of rotatable bonds is 1. The predicted molar refractivity (Wildman–Crippen MR) is 49.6 cm³/mol. The van der Waals surface area contributed by atoms with Crippen molar-refractivity contribution >= 4 is 0 Å². The number of nitrogens with two attached hydrogens (primary N) is 1. The van der Waals surface area contributed by atoms with Crippen LogP contribution in [0.3, 0.4) is 0 Å². The van der Waals surface area contributed by atoms with Crippen molar-refractivity contribution in [3.05, 3.63) is 34.9 Å². The van der Waals surface area contributed by atoms with E-state index in [1.165, 1.54) is 11.1 Å². The highest BCUT2D eigenvalue weighted by Gasteiger charge is 2.13. The van der Waals surface area contributed by atoms with Crippen LogP contribution in [0.25, 0.3) is 0 Å². The smallest absolute Gasteiger partial charge is 0.115 e. The normalized spacial score (nSPS) is 17.1. The fourth-order valence-electron chi connectivity index (χ4n) is 1.71. The van der Waals surface area contributed by atoms with Gasteiger partial charge in [-0.15, -0.1) is 0 Å². The third-order valence-corrected chi connectivity index (χ3v) is 2.47. The molecule has 1 heterocycles. The molecule has 0 unspecified atom stereocenters. The third-order valence-electron chi connectivity index (χ3n) is 2.47. The van der Waals surface area contributed by atoms with Crippen LogP contribution in [-0.4, -0.2) is 11.6 Å². The molecule has 0 amide bonds. The second-order valence-corrected chi connectivity index (χ2v) is 3.46. The maximum atomic E-state index is 12.3. The zero-order valence-corrected chi connectivity index (χ0v) is 7.46. The molecule has 1 aliphatic heterocycles. The Kier molecular flexibility index (Phi) is 2.29. The van der Waals surface area contributed by atoms with E-state index in [1.807, 2.05) is 18.2 Å². The van der Waals surface area contributed by atoms with E-state index in [9.17, 15) is 4.39 Å². The van der Waals surface area contributed by atoms with Gasteiger partial charge in [0, 0.05) is 13.1 Å². The quantitative estimate of drug-likeness (QED) is 0.662. The first-order valence-corrected chi connectivity index (χ1v) is 4.46. The number of hydrogen-bond acceptors (Lipinski definition) is 2. The van der Waals surface area contributed by atoms with Crippen LogP contribution in [0.2, 0.25) is 0 Å². The molecular weight excluding hydrogens is 167 g/mol. The van der Waals surface area contributed by atoms with Gasteiger partial charge in [-0.05, 0) is 23.1 Å². The molecule has 0 fully saturated rings. The maximum absolute atomic E-state index is 12.3. The van der Waals surface area contributed by atoms with Crippen molar-refractivity contribution in [2.45, 2.75) is 19.6 Å². The van der Waals surface area contributed by atoms with Crippen LogP contribution in [0.5, 0.6) is 0 Å². The minimum atomic E-state index is -0.375. The second kappa shape index (κ2) is 3.44. The first-order valence-electron chi connectivity index (χ1n) is 4.46. The standard InChI is InChI=1S/C10H13FN2/c11-6-8-1-2-10-7-13(12)4-3-9(10)5-8/h1-2,5H,3-4,6-7,12H2. The highest BCUT2D eigenvalue weighted by atomic mass is 19.1. The molecule has 1 aromatic rings. The Labute approximate surface area is 77.1 Å². The van der Waals surface area contributed by atoms with Gasteiger partial charge in [0.15, 0.2) is 0 Å². The molecule has 70 valence electrons. The first kappa shape index (κ1) is 8.66. The number of halogens is 1. The van der Waals surface area contributed by atoms with E-state index in [1.54, 1.807) is 5.01 Å². The van der Waals surface area contributed by atoms with E-state index < -0.39 is 0 Å². The Hall–Kier alpha value is -0.930. The molecule has 0 aliphatic carbocycles. The van der Waals surface area contributed by atoms with Crippen molar-refractivity contribution in [3.8, 4) is 0 Å². The van der Waals surface area contributed by atoms with Gasteiger partial charge in [0.05, 0.1) is 0 Å². The average molecular weight is 180 g/mol. The Balaban J connectivity index is 2.31. The summed E-state index contributed by atoms with van der Waals surface area (Å²) in [5.41, 5.74) is 3.24. The molecule has 1 aliphatic rings. The van der Waals surface area contributed by atoms with Gasteiger partial charge in [-0.2, -0.15) is 0 Å². The molecule has 13 heavy (non-hydrogen) atoms. The van der Waals surface area contributed by atoms with Gasteiger partial charge in [0.1, 0.15) is 6.67 Å². The van der Waals surface area contributed by atoms with Gasteiger partial charge in [-0.25, -0.2) is 9.40 Å². The monoisotopic (exact) mass is 180 g/mol. The van der Waals surface area contributed by atoms with Crippen LogP contribution < -0.4 is 5.84 Å². The Morgan fingerprint density at radius 3 is 3.00 bits per heavy atom. The fourth-order valence-corrected chi connectivity index (χ4v) is 1.71. The van der Waals surface area contributed by atoms with Crippen LogP contribution in [0, 0.1) is 0 Å². The molecule has 0 aromatic heterocycles. The van der Waals surface area contributed by atoms with E-state index in [0.29, 0.717) is 0 Å². The van der Waals surface area contributed by atoms with Gasteiger partial charge >= 0.3 is 0 Å². The summed E-state index contributed by atoms with van der Waals surface area (Å²) in [4.78, 5) is 0. The topological polar surface area (TPSA) is 29.3 Å². The lowest BCUT2D eigenvalue weighted by Gasteiger charge is -2.24. The SMILES string of the molecule is NN1CCc2cc(CF)ccc2C1. The minimum absolute atomic E-state index is 0.375. The molecule has 2 nitrogen and oxygen atoms in total. The molecule has 1 aromatic carbocycles. The van der Waals surface area contributed by atoms with Crippen LogP contribution in [0.1, 0.15) is 16.7 Å². The second-order valence-electron chi connectivity index (χ2n) is 3.46. The largest absolute Gasteiger partial charge is 0.268 e. The van der Waals surface area contributed by atoms with Crippen LogP contribution in [0.15, 0.2) is 18.2 Å². The van der Waals surface area contributed by atoms with Gasteiger partial charge < -0.3 is 0 Å². The van der Waals surface area contributed by atoms with E-state index in [4.69, 9.17) is 5.84 Å². The Bertz CT molecular complexity index is 312. The predicted octanol–water partition coefficient (Wildman–Crippen LogP) is 1.39. The number of hydrogen-bond donors (Lipinski definition) is 1. The van der Waals surface area contributed by atoms with Gasteiger partial charge in [0.2, 0.25) is 0 Å². The van der Waals surface area contributed by atoms with E-state index in [0.717, 1.165) is 25.1 Å². The molecule has 2 N–H and O–H groups in total. The lowest BCUT2D eigenvalue weighted by Crippen LogP contribution is -2.36. The lowest BCUT2D eigenvalue weighted by atomic mass is 9.98. The van der Waals surface area contributed by atoms with E-state index >= 15 is 0 Å². The zero-order chi connectivity index (χ0) is 9.26. The molecule has 0 atom stereocenters. The lowest BCUT2D eigenvalue weighted by molar-refractivity contribution is 0.262. The number of fused-ring (bicyclic) bond motifs is 1. The Morgan fingerprint density at radius 1 is 1.38 bits per heavy atom. The van der Waals surface area contributed by atoms with Crippen LogP contribution >= 0.6 is 0 Å². The average Bonchev–Trinajstić information content (AvgIpc) is 2.17. The third kappa shape index (κ3) is 1.71. The molecule has 0 saturated heterocycles. The minimum Gasteiger partial charge on any atom is -0.268 e. The molecule has 0 radical (unpaired) electrons. The molecule has 3 heteroatoms. The molecular formula is C10H13FN2. The maximum Gasteiger partial charge on any atom is 0.115 e. The highest BCUT2D eigenvalue weighted by molar-refractivity contribution is 5.33. The van der Waals surface area contributed by atoms with Gasteiger partial charge in [0.25, 0.3) is 0 Å². The van der Waals surface area contributed by atoms with E-state index in [-0.39, 0.29) is 6.67 Å². The zero-order valence-electron chi connectivity index (χ0n) is 7.46. The van der Waals surface area contributed by atoms with Gasteiger partial charge in [-0.3, -0.25) is 5.84 Å². The highest BCUT2D eigenvalue weighted by Crippen LogP contribution is 2.18. The van der Waals surface area contributed by atoms with Crippen molar-refractivity contribution in [3.63, 3.8) is 0 Å². The fraction of sp³-hybridized carbons (Fsp3) is 0.400. The molecule has 0 bridgehead atoms. The van der Waals surface area contributed by atoms with Crippen LogP contribution in [-0.2, 0) is 19.6 Å². The summed E-state index contributed by atoms with van der Waals surface area (Å²) in [7, 11) is 0. The summed E-state index contributed by atoms with van der Waals surface area (Å²) in [6.07, 6.45) is 0.930. The summed E-state index contributed by atoms with van der Waals surface area (Å²) in [5.74, 6) is 5.68. The summed E-state index contributed by atoms with van der Waals surface area (Å²) in [6.45, 7) is 1.27. The summed E-state index contributed by atoms with van der Waals surface area (Å²) in [6, 6.07) is 5.75. The molecule has 0 saturated carbocycles. The number of hydrazine groups is 1. The van der Waals surface area contributed by atoms with Crippen molar-refractivity contribution in [2.24, 2.45) is 5.84 Å². The van der Waals surface area contributed by atoms with E-state index in [2.05, 4.69) is 0 Å². The molecule has 2 rings (SSSR count). The summed E-state index contributed by atoms with van der Waals surface area (Å²) < 4.78 is 12.3. The first-order chi connectivity index (χ1) is 6.29. The number of alkyl halides is 1. The molecule has 0 spiro atoms. The van der Waals surface area contributed by atoms with Crippen LogP contribution in [0.4, 0.5) is 4.39 Å². The van der Waals surface area contributed by atoms with Crippen molar-refractivity contribution < 1.29 is 4.39 Å².